The number of ether oxygens (including phenoxy) is 1. The van der Waals surface area contributed by atoms with E-state index in [4.69, 9.17) is 10.5 Å². The fourth-order valence-corrected chi connectivity index (χ4v) is 4.09. The van der Waals surface area contributed by atoms with E-state index in [1.54, 1.807) is 0 Å². The maximum atomic E-state index is 12.2. The number of aryl methyl sites for hydroxylation is 2. The Hall–Kier alpha value is -3.60. The normalized spacial score (nSPS) is 12.6. The van der Waals surface area contributed by atoms with Crippen LogP contribution in [0.25, 0.3) is 17.2 Å². The van der Waals surface area contributed by atoms with Gasteiger partial charge < -0.3 is 15.8 Å². The molecule has 0 radical (unpaired) electrons. The van der Waals surface area contributed by atoms with Gasteiger partial charge in [0.15, 0.2) is 0 Å². The molecule has 1 aromatic heterocycles. The molecular weight excluding hydrogens is 374 g/mol. The molecule has 0 fully saturated rings. The number of pyridine rings is 1. The van der Waals surface area contributed by atoms with Crippen LogP contribution in [0, 0.1) is 13.8 Å². The van der Waals surface area contributed by atoms with Gasteiger partial charge in [-0.15, -0.1) is 0 Å². The van der Waals surface area contributed by atoms with Gasteiger partial charge in [0.05, 0.1) is 0 Å². The van der Waals surface area contributed by atoms with E-state index in [1.165, 1.54) is 22.3 Å². The topological polar surface area (TPSA) is 77.2 Å². The molecular formula is C25H25N3O2. The van der Waals surface area contributed by atoms with Gasteiger partial charge in [0.2, 0.25) is 0 Å². The lowest BCUT2D eigenvalue weighted by Gasteiger charge is -2.14. The molecule has 0 bridgehead atoms. The van der Waals surface area contributed by atoms with E-state index in [2.05, 4.69) is 34.6 Å². The second kappa shape index (κ2) is 8.41. The lowest BCUT2D eigenvalue weighted by molar-refractivity contribution is 0.144. The fraction of sp³-hybridized carbons (Fsp3) is 0.200. The van der Waals surface area contributed by atoms with Crippen LogP contribution in [0.15, 0.2) is 60.7 Å². The predicted octanol–water partition coefficient (Wildman–Crippen LogP) is 4.83. The average Bonchev–Trinajstić information content (AvgIpc) is 3.05. The summed E-state index contributed by atoms with van der Waals surface area (Å²) in [5.41, 5.74) is 13.5. The zero-order chi connectivity index (χ0) is 21.1. The minimum Gasteiger partial charge on any atom is -0.449 e. The minimum absolute atomic E-state index is 0.0600. The lowest BCUT2D eigenvalue weighted by Crippen LogP contribution is -2.26. The third-order valence-corrected chi connectivity index (χ3v) is 5.47. The number of benzene rings is 2. The van der Waals surface area contributed by atoms with Gasteiger partial charge in [0.1, 0.15) is 12.4 Å². The van der Waals surface area contributed by atoms with Gasteiger partial charge in [-0.25, -0.2) is 9.78 Å². The number of nitrogen functional groups attached to an aromatic ring is 1. The first-order chi connectivity index (χ1) is 14.5. The van der Waals surface area contributed by atoms with Crippen LogP contribution >= 0.6 is 0 Å². The van der Waals surface area contributed by atoms with E-state index in [9.17, 15) is 4.79 Å². The highest BCUT2D eigenvalue weighted by Crippen LogP contribution is 2.44. The maximum Gasteiger partial charge on any atom is 0.407 e. The van der Waals surface area contributed by atoms with Gasteiger partial charge in [0, 0.05) is 18.2 Å². The fourth-order valence-electron chi connectivity index (χ4n) is 4.09. The smallest absolute Gasteiger partial charge is 0.407 e. The molecule has 30 heavy (non-hydrogen) atoms. The number of hydrogen-bond acceptors (Lipinski definition) is 4. The van der Waals surface area contributed by atoms with Gasteiger partial charge in [-0.3, -0.25) is 0 Å². The summed E-state index contributed by atoms with van der Waals surface area (Å²) in [5.74, 6) is 0.573. The number of alkyl carbamates (subject to hydrolysis) is 1. The number of nitrogens with one attached hydrogen (secondary N) is 1. The van der Waals surface area contributed by atoms with Crippen molar-refractivity contribution in [1.29, 1.82) is 0 Å². The van der Waals surface area contributed by atoms with Crippen LogP contribution in [0.2, 0.25) is 0 Å². The SMILES string of the molecule is Cc1cc(N)nc(C)c1C=CCNC(=O)OCC1c2ccccc2-c2ccccc21. The molecule has 5 heteroatoms. The van der Waals surface area contributed by atoms with Gasteiger partial charge in [-0.1, -0.05) is 60.7 Å². The molecule has 0 unspecified atom stereocenters. The largest absolute Gasteiger partial charge is 0.449 e. The zero-order valence-electron chi connectivity index (χ0n) is 17.2. The van der Waals surface area contributed by atoms with E-state index in [0.717, 1.165) is 16.8 Å². The second-order valence-corrected chi connectivity index (χ2v) is 7.47. The first kappa shape index (κ1) is 19.7. The summed E-state index contributed by atoms with van der Waals surface area (Å²) in [6.45, 7) is 4.59. The summed E-state index contributed by atoms with van der Waals surface area (Å²) in [5, 5.41) is 2.78. The van der Waals surface area contributed by atoms with Crippen molar-refractivity contribution in [3.05, 3.63) is 88.6 Å². The van der Waals surface area contributed by atoms with E-state index in [-0.39, 0.29) is 5.92 Å². The van der Waals surface area contributed by atoms with Crippen LogP contribution < -0.4 is 11.1 Å². The molecule has 152 valence electrons. The summed E-state index contributed by atoms with van der Waals surface area (Å²) in [4.78, 5) is 16.5. The van der Waals surface area contributed by atoms with Crippen LogP contribution in [0.5, 0.6) is 0 Å². The molecule has 0 spiro atoms. The van der Waals surface area contributed by atoms with Gasteiger partial charge in [-0.05, 0) is 53.3 Å². The van der Waals surface area contributed by atoms with E-state index in [1.807, 2.05) is 56.3 Å². The molecule has 0 aliphatic heterocycles. The highest BCUT2D eigenvalue weighted by atomic mass is 16.5. The Morgan fingerprint density at radius 3 is 2.37 bits per heavy atom. The monoisotopic (exact) mass is 399 g/mol. The summed E-state index contributed by atoms with van der Waals surface area (Å²) < 4.78 is 5.54. The summed E-state index contributed by atoms with van der Waals surface area (Å²) in [6, 6.07) is 18.4. The molecule has 1 aliphatic carbocycles. The van der Waals surface area contributed by atoms with Crippen molar-refractivity contribution in [2.24, 2.45) is 0 Å². The van der Waals surface area contributed by atoms with Crippen LogP contribution in [-0.2, 0) is 4.74 Å². The minimum atomic E-state index is -0.426. The maximum absolute atomic E-state index is 12.2. The number of carbonyl (C=O) groups excluding carboxylic acids is 1. The van der Waals surface area contributed by atoms with Crippen LogP contribution in [0.1, 0.15) is 33.9 Å². The van der Waals surface area contributed by atoms with Crippen molar-refractivity contribution < 1.29 is 9.53 Å². The number of rotatable bonds is 5. The number of nitrogens with zero attached hydrogens (tertiary/aromatic N) is 1. The Balaban J connectivity index is 1.35. The van der Waals surface area contributed by atoms with E-state index >= 15 is 0 Å². The van der Waals surface area contributed by atoms with Gasteiger partial charge in [-0.2, -0.15) is 0 Å². The summed E-state index contributed by atoms with van der Waals surface area (Å²) in [7, 11) is 0. The van der Waals surface area contributed by atoms with E-state index in [0.29, 0.717) is 19.0 Å². The predicted molar refractivity (Wildman–Crippen MR) is 120 cm³/mol. The number of nitrogens with two attached hydrogens (primary N) is 1. The van der Waals surface area contributed by atoms with Crippen molar-refractivity contribution in [3.8, 4) is 11.1 Å². The number of hydrogen-bond donors (Lipinski definition) is 2. The summed E-state index contributed by atoms with van der Waals surface area (Å²) in [6.07, 6.45) is 3.40. The lowest BCUT2D eigenvalue weighted by atomic mass is 9.98. The molecule has 1 heterocycles. The van der Waals surface area contributed by atoms with Gasteiger partial charge >= 0.3 is 6.09 Å². The first-order valence-electron chi connectivity index (χ1n) is 10.0. The third kappa shape index (κ3) is 3.92. The van der Waals surface area contributed by atoms with Crippen LogP contribution in [-0.4, -0.2) is 24.2 Å². The van der Waals surface area contributed by atoms with Crippen molar-refractivity contribution in [2.75, 3.05) is 18.9 Å². The second-order valence-electron chi connectivity index (χ2n) is 7.47. The van der Waals surface area contributed by atoms with Crippen LogP contribution in [0.3, 0.4) is 0 Å². The highest BCUT2D eigenvalue weighted by Gasteiger charge is 2.28. The van der Waals surface area contributed by atoms with Gasteiger partial charge in [0.25, 0.3) is 0 Å². The molecule has 5 nitrogen and oxygen atoms in total. The molecule has 2 aromatic carbocycles. The standard InChI is InChI=1S/C25H25N3O2/c1-16-14-24(26)28-17(2)18(16)12-7-13-27-25(29)30-15-23-21-10-5-3-8-19(21)20-9-4-6-11-22(20)23/h3-12,14,23H,13,15H2,1-2H3,(H2,26,28)(H,27,29). The van der Waals surface area contributed by atoms with E-state index < -0.39 is 6.09 Å². The molecule has 3 N–H and O–H groups in total. The molecule has 3 aromatic rings. The van der Waals surface area contributed by atoms with Crippen molar-refractivity contribution in [2.45, 2.75) is 19.8 Å². The number of anilines is 1. The Morgan fingerprint density at radius 1 is 1.10 bits per heavy atom. The summed E-state index contributed by atoms with van der Waals surface area (Å²) >= 11 is 0. The highest BCUT2D eigenvalue weighted by molar-refractivity contribution is 5.79. The quantitative estimate of drug-likeness (QED) is 0.644. The Morgan fingerprint density at radius 2 is 1.73 bits per heavy atom. The Labute approximate surface area is 176 Å². The molecule has 0 saturated heterocycles. The molecule has 0 saturated carbocycles. The van der Waals surface area contributed by atoms with Crippen LogP contribution in [0.4, 0.5) is 10.6 Å². The number of aromatic nitrogens is 1. The zero-order valence-corrected chi connectivity index (χ0v) is 17.2. The number of fused-ring (bicyclic) bond motifs is 3. The average molecular weight is 399 g/mol. The molecule has 0 atom stereocenters. The van der Waals surface area contributed by atoms with Crippen molar-refractivity contribution in [1.82, 2.24) is 10.3 Å². The molecule has 4 rings (SSSR count). The Bertz CT molecular complexity index is 1050. The number of amides is 1. The Kier molecular flexibility index (Phi) is 5.53. The molecule has 1 amide bonds. The first-order valence-corrected chi connectivity index (χ1v) is 10.0. The third-order valence-electron chi connectivity index (χ3n) is 5.47. The number of carbonyl (C=O) groups is 1. The van der Waals surface area contributed by atoms with Crippen molar-refractivity contribution in [3.63, 3.8) is 0 Å². The molecule has 1 aliphatic rings. The van der Waals surface area contributed by atoms with Crippen molar-refractivity contribution >= 4 is 18.0 Å².